The largest absolute Gasteiger partial charge is 0.508 e. The first-order valence-electron chi connectivity index (χ1n) is 6.08. The zero-order chi connectivity index (χ0) is 13.3. The summed E-state index contributed by atoms with van der Waals surface area (Å²) in [4.78, 5) is 0. The lowest BCUT2D eigenvalue weighted by Crippen LogP contribution is -2.16. The van der Waals surface area contributed by atoms with E-state index in [4.69, 9.17) is 0 Å². The lowest BCUT2D eigenvalue weighted by molar-refractivity contribution is 0.475. The monoisotopic (exact) mass is 290 g/mol. The van der Waals surface area contributed by atoms with Gasteiger partial charge in [-0.2, -0.15) is 0 Å². The van der Waals surface area contributed by atoms with Gasteiger partial charge >= 0.3 is 0 Å². The Bertz CT molecular complexity index is 510. The molecule has 0 spiro atoms. The van der Waals surface area contributed by atoms with E-state index < -0.39 is 0 Å². The van der Waals surface area contributed by atoms with Crippen LogP contribution in [0.2, 0.25) is 0 Å². The molecule has 0 bridgehead atoms. The normalized spacial score (nSPS) is 17.5. The maximum absolute atomic E-state index is 9.44. The average molecular weight is 290 g/mol. The van der Waals surface area contributed by atoms with Crippen molar-refractivity contribution in [2.75, 3.05) is 11.5 Å². The van der Waals surface area contributed by atoms with Crippen molar-refractivity contribution < 1.29 is 10.2 Å². The molecule has 0 aromatic heterocycles. The molecule has 0 amide bonds. The second-order valence-corrected chi connectivity index (χ2v) is 7.28. The van der Waals surface area contributed by atoms with Gasteiger partial charge < -0.3 is 10.2 Å². The van der Waals surface area contributed by atoms with Gasteiger partial charge in [-0.05, 0) is 35.4 Å². The van der Waals surface area contributed by atoms with Crippen molar-refractivity contribution in [1.29, 1.82) is 0 Å². The minimum Gasteiger partial charge on any atom is -0.508 e. The smallest absolute Gasteiger partial charge is 0.115 e. The van der Waals surface area contributed by atoms with Crippen LogP contribution in [0.1, 0.15) is 11.1 Å². The van der Waals surface area contributed by atoms with Crippen LogP contribution < -0.4 is 0 Å². The molecule has 0 unspecified atom stereocenters. The number of hydrogen-bond donors (Lipinski definition) is 2. The van der Waals surface area contributed by atoms with Gasteiger partial charge in [0.05, 0.1) is 0 Å². The van der Waals surface area contributed by atoms with E-state index in [0.29, 0.717) is 0 Å². The Morgan fingerprint density at radius 1 is 0.684 bits per heavy atom. The molecule has 0 aliphatic carbocycles. The van der Waals surface area contributed by atoms with Gasteiger partial charge in [-0.1, -0.05) is 24.3 Å². The molecule has 2 aromatic rings. The Morgan fingerprint density at radius 3 is 1.42 bits per heavy atom. The predicted molar refractivity (Wildman–Crippen MR) is 81.9 cm³/mol. The van der Waals surface area contributed by atoms with Gasteiger partial charge in [-0.15, -0.1) is 23.5 Å². The third-order valence-corrected chi connectivity index (χ3v) is 6.73. The van der Waals surface area contributed by atoms with Gasteiger partial charge in [0.1, 0.15) is 15.6 Å². The Kier molecular flexibility index (Phi) is 3.37. The molecule has 0 saturated carbocycles. The van der Waals surface area contributed by atoms with Gasteiger partial charge in [0.25, 0.3) is 0 Å². The van der Waals surface area contributed by atoms with Crippen molar-refractivity contribution in [1.82, 2.24) is 0 Å². The second kappa shape index (κ2) is 5.02. The lowest BCUT2D eigenvalue weighted by Gasteiger charge is -2.28. The first-order chi connectivity index (χ1) is 9.21. The average Bonchev–Trinajstić information content (AvgIpc) is 2.91. The van der Waals surface area contributed by atoms with Gasteiger partial charge in [0, 0.05) is 11.5 Å². The summed E-state index contributed by atoms with van der Waals surface area (Å²) in [6, 6.07) is 14.9. The Labute approximate surface area is 120 Å². The number of benzene rings is 2. The lowest BCUT2D eigenvalue weighted by atomic mass is 10.0. The zero-order valence-electron chi connectivity index (χ0n) is 10.2. The van der Waals surface area contributed by atoms with Crippen LogP contribution in [0.3, 0.4) is 0 Å². The van der Waals surface area contributed by atoms with Gasteiger partial charge in [0.15, 0.2) is 0 Å². The number of aromatic hydroxyl groups is 2. The molecule has 2 N–H and O–H groups in total. The summed E-state index contributed by atoms with van der Waals surface area (Å²) in [6.07, 6.45) is 0. The van der Waals surface area contributed by atoms with Crippen LogP contribution in [-0.4, -0.2) is 21.7 Å². The van der Waals surface area contributed by atoms with Crippen LogP contribution >= 0.6 is 23.5 Å². The third-order valence-electron chi connectivity index (χ3n) is 3.19. The van der Waals surface area contributed by atoms with E-state index in [1.807, 2.05) is 47.8 Å². The van der Waals surface area contributed by atoms with Gasteiger partial charge in [-0.3, -0.25) is 0 Å². The fraction of sp³-hybridized carbons (Fsp3) is 0.200. The van der Waals surface area contributed by atoms with Gasteiger partial charge in [0.2, 0.25) is 0 Å². The van der Waals surface area contributed by atoms with Crippen LogP contribution in [-0.2, 0) is 4.08 Å². The van der Waals surface area contributed by atoms with Crippen molar-refractivity contribution in [3.05, 3.63) is 59.7 Å². The summed E-state index contributed by atoms with van der Waals surface area (Å²) in [5.74, 6) is 2.79. The minimum absolute atomic E-state index is 0.124. The molecule has 0 atom stereocenters. The van der Waals surface area contributed by atoms with E-state index in [2.05, 4.69) is 0 Å². The van der Waals surface area contributed by atoms with E-state index in [9.17, 15) is 10.2 Å². The Morgan fingerprint density at radius 2 is 1.05 bits per heavy atom. The molecular weight excluding hydrogens is 276 g/mol. The molecule has 4 heteroatoms. The van der Waals surface area contributed by atoms with E-state index >= 15 is 0 Å². The van der Waals surface area contributed by atoms with Gasteiger partial charge in [-0.25, -0.2) is 0 Å². The van der Waals surface area contributed by atoms with Crippen molar-refractivity contribution in [3.8, 4) is 11.5 Å². The Balaban J connectivity index is 2.08. The second-order valence-electron chi connectivity index (χ2n) is 4.41. The van der Waals surface area contributed by atoms with Crippen LogP contribution in [0.5, 0.6) is 11.5 Å². The summed E-state index contributed by atoms with van der Waals surface area (Å²) in [5, 5.41) is 18.9. The first-order valence-corrected chi connectivity index (χ1v) is 8.05. The number of phenolic OH excluding ortho intramolecular Hbond substituents is 2. The van der Waals surface area contributed by atoms with E-state index in [1.54, 1.807) is 24.3 Å². The van der Waals surface area contributed by atoms with E-state index in [-0.39, 0.29) is 15.6 Å². The highest BCUT2D eigenvalue weighted by atomic mass is 32.2. The highest BCUT2D eigenvalue weighted by Gasteiger charge is 2.39. The number of thioether (sulfide) groups is 2. The van der Waals surface area contributed by atoms with Crippen LogP contribution in [0.25, 0.3) is 0 Å². The summed E-state index contributed by atoms with van der Waals surface area (Å²) < 4.78 is -0.124. The molecule has 1 saturated heterocycles. The topological polar surface area (TPSA) is 40.5 Å². The number of rotatable bonds is 2. The zero-order valence-corrected chi connectivity index (χ0v) is 11.9. The summed E-state index contributed by atoms with van der Waals surface area (Å²) in [5.41, 5.74) is 2.37. The van der Waals surface area contributed by atoms with Crippen molar-refractivity contribution >= 4 is 23.5 Å². The molecule has 1 fully saturated rings. The molecule has 2 aromatic carbocycles. The molecule has 19 heavy (non-hydrogen) atoms. The summed E-state index contributed by atoms with van der Waals surface area (Å²) in [6.45, 7) is 0. The standard InChI is InChI=1S/C15H14O2S2/c16-13-5-1-11(2-6-13)15(18-9-10-19-15)12-3-7-14(17)8-4-12/h1-8,16-17H,9-10H2. The van der Waals surface area contributed by atoms with Crippen molar-refractivity contribution in [2.24, 2.45) is 0 Å². The third kappa shape index (κ3) is 2.30. The highest BCUT2D eigenvalue weighted by Crippen LogP contribution is 2.56. The van der Waals surface area contributed by atoms with Crippen LogP contribution in [0.4, 0.5) is 0 Å². The molecule has 1 heterocycles. The molecule has 3 rings (SSSR count). The maximum atomic E-state index is 9.44. The Hall–Kier alpha value is -1.26. The maximum Gasteiger partial charge on any atom is 0.115 e. The van der Waals surface area contributed by atoms with Crippen LogP contribution in [0, 0.1) is 0 Å². The molecule has 0 radical (unpaired) electrons. The van der Waals surface area contributed by atoms with Crippen molar-refractivity contribution in [3.63, 3.8) is 0 Å². The quantitative estimate of drug-likeness (QED) is 0.883. The number of phenols is 2. The predicted octanol–water partition coefficient (Wildman–Crippen LogP) is 3.78. The number of hydrogen-bond acceptors (Lipinski definition) is 4. The molecule has 2 nitrogen and oxygen atoms in total. The fourth-order valence-electron chi connectivity index (χ4n) is 2.27. The SMILES string of the molecule is Oc1ccc(C2(c3ccc(O)cc3)SCCS2)cc1. The minimum atomic E-state index is -0.124. The van der Waals surface area contributed by atoms with E-state index in [1.165, 1.54) is 11.1 Å². The molecule has 98 valence electrons. The molecule has 1 aliphatic heterocycles. The summed E-state index contributed by atoms with van der Waals surface area (Å²) in [7, 11) is 0. The molecular formula is C15H14O2S2. The fourth-order valence-corrected chi connectivity index (χ4v) is 5.56. The van der Waals surface area contributed by atoms with E-state index in [0.717, 1.165) is 11.5 Å². The summed E-state index contributed by atoms with van der Waals surface area (Å²) >= 11 is 3.81. The first kappa shape index (κ1) is 12.8. The highest BCUT2D eigenvalue weighted by molar-refractivity contribution is 8.20. The van der Waals surface area contributed by atoms with Crippen LogP contribution in [0.15, 0.2) is 48.5 Å². The molecule has 1 aliphatic rings. The van der Waals surface area contributed by atoms with Crippen molar-refractivity contribution in [2.45, 2.75) is 4.08 Å².